The van der Waals surface area contributed by atoms with Crippen LogP contribution in [0, 0.1) is 11.6 Å². The second kappa shape index (κ2) is 9.34. The van der Waals surface area contributed by atoms with Crippen molar-refractivity contribution in [1.82, 2.24) is 9.88 Å². The highest BCUT2D eigenvalue weighted by Gasteiger charge is 2.23. The third-order valence-corrected chi connectivity index (χ3v) is 6.31. The maximum atomic E-state index is 13.7. The van der Waals surface area contributed by atoms with Crippen molar-refractivity contribution in [3.05, 3.63) is 58.6 Å². The summed E-state index contributed by atoms with van der Waals surface area (Å²) in [6.45, 7) is 4.31. The predicted molar refractivity (Wildman–Crippen MR) is 115 cm³/mol. The molecule has 30 heavy (non-hydrogen) atoms. The molecule has 0 saturated carbocycles. The highest BCUT2D eigenvalue weighted by molar-refractivity contribution is 7.22. The van der Waals surface area contributed by atoms with Crippen molar-refractivity contribution in [2.45, 2.75) is 6.42 Å². The molecule has 0 bridgehead atoms. The number of hydrogen-bond acceptors (Lipinski definition) is 5. The van der Waals surface area contributed by atoms with Gasteiger partial charge in [-0.05, 0) is 36.8 Å². The second-order valence-corrected chi connectivity index (χ2v) is 8.39. The lowest BCUT2D eigenvalue weighted by Gasteiger charge is -2.27. The van der Waals surface area contributed by atoms with Crippen molar-refractivity contribution in [2.24, 2.45) is 0 Å². The molecule has 1 amide bonds. The van der Waals surface area contributed by atoms with Gasteiger partial charge in [0, 0.05) is 31.7 Å². The smallest absolute Gasteiger partial charge is 0.260 e. The molecule has 1 fully saturated rings. The number of anilines is 1. The van der Waals surface area contributed by atoms with Crippen LogP contribution in [-0.2, 0) is 4.74 Å². The van der Waals surface area contributed by atoms with Crippen molar-refractivity contribution in [2.75, 3.05) is 44.3 Å². The number of carbonyl (C=O) groups excluding carboxylic acids is 1. The Morgan fingerprint density at radius 3 is 2.73 bits per heavy atom. The molecule has 0 radical (unpaired) electrons. The first-order valence-corrected chi connectivity index (χ1v) is 10.8. The topological polar surface area (TPSA) is 45.7 Å². The number of carbonyl (C=O) groups is 1. The quantitative estimate of drug-likeness (QED) is 0.549. The Morgan fingerprint density at radius 2 is 2.00 bits per heavy atom. The number of halogens is 3. The number of rotatable bonds is 6. The van der Waals surface area contributed by atoms with Gasteiger partial charge in [-0.1, -0.05) is 29.0 Å². The number of ether oxygens (including phenoxy) is 1. The van der Waals surface area contributed by atoms with Gasteiger partial charge in [0.25, 0.3) is 5.91 Å². The Bertz CT molecular complexity index is 1060. The zero-order valence-electron chi connectivity index (χ0n) is 16.1. The van der Waals surface area contributed by atoms with E-state index in [1.165, 1.54) is 22.3 Å². The number of para-hydroxylation sites is 1. The third kappa shape index (κ3) is 4.62. The lowest BCUT2D eigenvalue weighted by Crippen LogP contribution is -2.39. The van der Waals surface area contributed by atoms with Crippen molar-refractivity contribution < 1.29 is 18.3 Å². The van der Waals surface area contributed by atoms with Crippen LogP contribution in [0.3, 0.4) is 0 Å². The first-order chi connectivity index (χ1) is 14.5. The van der Waals surface area contributed by atoms with Gasteiger partial charge in [-0.25, -0.2) is 13.8 Å². The second-order valence-electron chi connectivity index (χ2n) is 6.98. The minimum Gasteiger partial charge on any atom is -0.379 e. The van der Waals surface area contributed by atoms with Crippen LogP contribution in [0.1, 0.15) is 16.8 Å². The van der Waals surface area contributed by atoms with E-state index in [9.17, 15) is 13.6 Å². The van der Waals surface area contributed by atoms with E-state index in [1.54, 1.807) is 6.07 Å². The average molecular weight is 452 g/mol. The lowest BCUT2D eigenvalue weighted by molar-refractivity contribution is 0.0376. The number of benzene rings is 2. The van der Waals surface area contributed by atoms with Crippen LogP contribution in [0.2, 0.25) is 5.02 Å². The van der Waals surface area contributed by atoms with Crippen LogP contribution in [0.5, 0.6) is 0 Å². The van der Waals surface area contributed by atoms with E-state index in [1.807, 2.05) is 12.1 Å². The Labute approximate surface area is 181 Å². The summed E-state index contributed by atoms with van der Waals surface area (Å²) in [6.07, 6.45) is 0.707. The summed E-state index contributed by atoms with van der Waals surface area (Å²) in [7, 11) is 0. The first kappa shape index (κ1) is 21.1. The van der Waals surface area contributed by atoms with E-state index in [0.29, 0.717) is 41.9 Å². The molecule has 0 unspecified atom stereocenters. The number of amides is 1. The number of morpholine rings is 1. The van der Waals surface area contributed by atoms with E-state index in [-0.39, 0.29) is 5.56 Å². The number of hydrogen-bond donors (Lipinski definition) is 0. The summed E-state index contributed by atoms with van der Waals surface area (Å²) in [4.78, 5) is 21.5. The van der Waals surface area contributed by atoms with Gasteiger partial charge in [-0.2, -0.15) is 0 Å². The van der Waals surface area contributed by atoms with Gasteiger partial charge in [0.15, 0.2) is 16.8 Å². The molecule has 2 aromatic carbocycles. The number of thiazole rings is 1. The maximum Gasteiger partial charge on any atom is 0.260 e. The maximum absolute atomic E-state index is 13.7. The molecule has 2 heterocycles. The normalized spacial score (nSPS) is 14.9. The monoisotopic (exact) mass is 451 g/mol. The summed E-state index contributed by atoms with van der Waals surface area (Å²) in [6, 6.07) is 8.63. The Hall–Kier alpha value is -2.13. The first-order valence-electron chi connectivity index (χ1n) is 9.65. The molecular formula is C21H20ClF2N3O2S. The molecule has 0 spiro atoms. The summed E-state index contributed by atoms with van der Waals surface area (Å²) in [5, 5.41) is 0.985. The molecule has 0 N–H and O–H groups in total. The Kier molecular flexibility index (Phi) is 6.58. The van der Waals surface area contributed by atoms with Gasteiger partial charge >= 0.3 is 0 Å². The van der Waals surface area contributed by atoms with Crippen LogP contribution >= 0.6 is 22.9 Å². The van der Waals surface area contributed by atoms with Crippen molar-refractivity contribution in [1.29, 1.82) is 0 Å². The minimum absolute atomic E-state index is 0.0747. The molecule has 0 atom stereocenters. The summed E-state index contributed by atoms with van der Waals surface area (Å²) in [5.74, 6) is -2.47. The molecule has 1 aliphatic heterocycles. The average Bonchev–Trinajstić information content (AvgIpc) is 3.19. The summed E-state index contributed by atoms with van der Waals surface area (Å²) in [5.41, 5.74) is 0.695. The molecule has 3 aromatic rings. The third-order valence-electron chi connectivity index (χ3n) is 4.96. The number of nitrogens with zero attached hydrogens (tertiary/aromatic N) is 3. The van der Waals surface area contributed by atoms with Gasteiger partial charge in [0.05, 0.1) is 22.9 Å². The van der Waals surface area contributed by atoms with Crippen LogP contribution in [0.4, 0.5) is 13.9 Å². The van der Waals surface area contributed by atoms with E-state index in [4.69, 9.17) is 16.3 Å². The zero-order chi connectivity index (χ0) is 21.1. The molecule has 5 nitrogen and oxygen atoms in total. The Morgan fingerprint density at radius 1 is 1.20 bits per heavy atom. The van der Waals surface area contributed by atoms with E-state index >= 15 is 0 Å². The van der Waals surface area contributed by atoms with E-state index in [2.05, 4.69) is 9.88 Å². The standard InChI is InChI=1S/C21H20ClF2N3O2S/c22-15-3-1-4-18-19(15)25-21(30-18)27(8-2-7-26-9-11-29-12-10-26)20(28)14-5-6-16(23)17(24)13-14/h1,3-6,13H,2,7-12H2. The zero-order valence-corrected chi connectivity index (χ0v) is 17.7. The molecule has 158 valence electrons. The summed E-state index contributed by atoms with van der Waals surface area (Å²) >= 11 is 7.59. The van der Waals surface area contributed by atoms with Crippen LogP contribution in [0.25, 0.3) is 10.2 Å². The fraction of sp³-hybridized carbons (Fsp3) is 0.333. The Balaban J connectivity index is 1.59. The molecular weight excluding hydrogens is 432 g/mol. The highest BCUT2D eigenvalue weighted by Crippen LogP contribution is 2.33. The highest BCUT2D eigenvalue weighted by atomic mass is 35.5. The predicted octanol–water partition coefficient (Wildman–Crippen LogP) is 4.60. The van der Waals surface area contributed by atoms with Gasteiger partial charge in [-0.15, -0.1) is 0 Å². The van der Waals surface area contributed by atoms with Gasteiger partial charge < -0.3 is 4.74 Å². The molecule has 1 aromatic heterocycles. The van der Waals surface area contributed by atoms with E-state index < -0.39 is 17.5 Å². The minimum atomic E-state index is -1.05. The molecule has 1 saturated heterocycles. The van der Waals surface area contributed by atoms with Crippen molar-refractivity contribution >= 4 is 44.2 Å². The van der Waals surface area contributed by atoms with Gasteiger partial charge in [0.2, 0.25) is 0 Å². The van der Waals surface area contributed by atoms with Crippen LogP contribution in [-0.4, -0.2) is 55.2 Å². The summed E-state index contributed by atoms with van der Waals surface area (Å²) < 4.78 is 33.3. The van der Waals surface area contributed by atoms with Crippen LogP contribution < -0.4 is 4.90 Å². The lowest BCUT2D eigenvalue weighted by atomic mass is 10.2. The van der Waals surface area contributed by atoms with Gasteiger partial charge in [-0.3, -0.25) is 14.6 Å². The van der Waals surface area contributed by atoms with E-state index in [0.717, 1.165) is 36.5 Å². The van der Waals surface area contributed by atoms with Gasteiger partial charge in [0.1, 0.15) is 5.52 Å². The fourth-order valence-corrected chi connectivity index (χ4v) is 4.65. The van der Waals surface area contributed by atoms with Crippen molar-refractivity contribution in [3.8, 4) is 0 Å². The fourth-order valence-electron chi connectivity index (χ4n) is 3.36. The van der Waals surface area contributed by atoms with Crippen molar-refractivity contribution in [3.63, 3.8) is 0 Å². The number of fused-ring (bicyclic) bond motifs is 1. The molecule has 0 aliphatic carbocycles. The molecule has 4 rings (SSSR count). The SMILES string of the molecule is O=C(c1ccc(F)c(F)c1)N(CCCN1CCOCC1)c1nc2c(Cl)cccc2s1. The largest absolute Gasteiger partial charge is 0.379 e. The van der Waals surface area contributed by atoms with Crippen LogP contribution in [0.15, 0.2) is 36.4 Å². The molecule has 1 aliphatic rings. The number of aromatic nitrogens is 1. The molecule has 9 heteroatoms.